The van der Waals surface area contributed by atoms with E-state index in [0.29, 0.717) is 11.8 Å². The first kappa shape index (κ1) is 22.2. The van der Waals surface area contributed by atoms with Gasteiger partial charge in [-0.3, -0.25) is 14.9 Å². The number of primary amides is 1. The van der Waals surface area contributed by atoms with Crippen LogP contribution in [-0.4, -0.2) is 46.7 Å². The Hall–Kier alpha value is -3.47. The van der Waals surface area contributed by atoms with Crippen LogP contribution in [0.25, 0.3) is 11.0 Å². The number of esters is 1. The van der Waals surface area contributed by atoms with E-state index in [1.807, 2.05) is 25.1 Å². The Balaban J connectivity index is 1.71. The van der Waals surface area contributed by atoms with Gasteiger partial charge in [0.25, 0.3) is 5.91 Å². The minimum absolute atomic E-state index is 0.0230. The highest BCUT2D eigenvalue weighted by atomic mass is 32.2. The van der Waals surface area contributed by atoms with E-state index in [2.05, 4.69) is 15.3 Å². The van der Waals surface area contributed by atoms with Gasteiger partial charge in [0.1, 0.15) is 22.6 Å². The number of carbonyl (C=O) groups is 3. The zero-order chi connectivity index (χ0) is 22.5. The summed E-state index contributed by atoms with van der Waals surface area (Å²) in [5, 5.41) is 3.02. The maximum absolute atomic E-state index is 12.4. The molecule has 0 radical (unpaired) electrons. The van der Waals surface area contributed by atoms with Gasteiger partial charge in [0.15, 0.2) is 5.16 Å². The first-order valence-electron chi connectivity index (χ1n) is 9.49. The lowest BCUT2D eigenvalue weighted by Gasteiger charge is -2.04. The van der Waals surface area contributed by atoms with Crippen molar-refractivity contribution in [3.05, 3.63) is 35.1 Å². The predicted octanol–water partition coefficient (Wildman–Crippen LogP) is 2.87. The molecule has 4 N–H and O–H groups in total. The van der Waals surface area contributed by atoms with Crippen molar-refractivity contribution in [1.82, 2.24) is 9.97 Å². The average Bonchev–Trinajstić information content (AvgIpc) is 3.26. The molecule has 11 heteroatoms. The summed E-state index contributed by atoms with van der Waals surface area (Å²) in [6.45, 7) is 5.68. The molecule has 1 aromatic carbocycles. The maximum Gasteiger partial charge on any atom is 0.342 e. The molecule has 0 bridgehead atoms. The van der Waals surface area contributed by atoms with Gasteiger partial charge >= 0.3 is 5.97 Å². The quantitative estimate of drug-likeness (QED) is 0.335. The molecule has 0 spiro atoms. The van der Waals surface area contributed by atoms with Crippen LogP contribution in [0.3, 0.4) is 0 Å². The summed E-state index contributed by atoms with van der Waals surface area (Å²) in [6, 6.07) is 5.47. The van der Waals surface area contributed by atoms with Crippen LogP contribution < -0.4 is 15.8 Å². The van der Waals surface area contributed by atoms with Gasteiger partial charge in [-0.15, -0.1) is 0 Å². The van der Waals surface area contributed by atoms with Gasteiger partial charge in [0.05, 0.1) is 30.0 Å². The van der Waals surface area contributed by atoms with E-state index in [0.717, 1.165) is 28.5 Å². The number of benzene rings is 1. The Kier molecular flexibility index (Phi) is 6.85. The van der Waals surface area contributed by atoms with Crippen molar-refractivity contribution in [2.45, 2.75) is 25.9 Å². The number of furan rings is 1. The fourth-order valence-corrected chi connectivity index (χ4v) is 3.59. The topological polar surface area (TPSA) is 150 Å². The SMILES string of the molecule is CCOC(=O)c1c(C)oc(NC(=O)CSc2nc3ccc(OCC)cc3[nH]2)c1C(N)=O. The molecule has 0 atom stereocenters. The number of hydrogen-bond acceptors (Lipinski definition) is 8. The number of aromatic nitrogens is 2. The van der Waals surface area contributed by atoms with Gasteiger partial charge in [0, 0.05) is 6.07 Å². The van der Waals surface area contributed by atoms with Gasteiger partial charge in [-0.2, -0.15) is 0 Å². The molecular weight excluding hydrogens is 424 g/mol. The number of nitrogens with two attached hydrogens (primary N) is 1. The Morgan fingerprint density at radius 2 is 2.00 bits per heavy atom. The van der Waals surface area contributed by atoms with E-state index >= 15 is 0 Å². The monoisotopic (exact) mass is 446 g/mol. The number of aryl methyl sites for hydroxylation is 1. The molecule has 2 heterocycles. The molecular formula is C20H22N4O6S. The lowest BCUT2D eigenvalue weighted by molar-refractivity contribution is -0.113. The third-order valence-corrected chi connectivity index (χ3v) is 5.02. The number of anilines is 1. The van der Waals surface area contributed by atoms with E-state index in [9.17, 15) is 14.4 Å². The highest BCUT2D eigenvalue weighted by Crippen LogP contribution is 2.28. The second kappa shape index (κ2) is 9.56. The normalized spacial score (nSPS) is 10.8. The molecule has 2 aromatic heterocycles. The first-order valence-corrected chi connectivity index (χ1v) is 10.5. The molecule has 31 heavy (non-hydrogen) atoms. The minimum atomic E-state index is -0.912. The van der Waals surface area contributed by atoms with Crippen LogP contribution in [0.1, 0.15) is 40.3 Å². The second-order valence-electron chi connectivity index (χ2n) is 6.31. The first-order chi connectivity index (χ1) is 14.8. The molecule has 3 aromatic rings. The third-order valence-electron chi connectivity index (χ3n) is 4.15. The lowest BCUT2D eigenvalue weighted by atomic mass is 10.1. The van der Waals surface area contributed by atoms with Crippen molar-refractivity contribution in [3.63, 3.8) is 0 Å². The molecule has 0 fully saturated rings. The van der Waals surface area contributed by atoms with E-state index in [4.69, 9.17) is 19.6 Å². The molecule has 0 unspecified atom stereocenters. The fourth-order valence-electron chi connectivity index (χ4n) is 2.90. The van der Waals surface area contributed by atoms with Crippen molar-refractivity contribution < 1.29 is 28.3 Å². The number of hydrogen-bond donors (Lipinski definition) is 3. The van der Waals surface area contributed by atoms with Crippen LogP contribution >= 0.6 is 11.8 Å². The molecule has 3 rings (SSSR count). The van der Waals surface area contributed by atoms with Crippen molar-refractivity contribution >= 4 is 46.5 Å². The molecule has 0 aliphatic carbocycles. The number of aromatic amines is 1. The molecule has 10 nitrogen and oxygen atoms in total. The van der Waals surface area contributed by atoms with Gasteiger partial charge in [-0.1, -0.05) is 11.8 Å². The number of rotatable bonds is 9. The number of nitrogens with zero attached hydrogens (tertiary/aromatic N) is 1. The molecule has 164 valence electrons. The second-order valence-corrected chi connectivity index (χ2v) is 7.28. The summed E-state index contributed by atoms with van der Waals surface area (Å²) in [7, 11) is 0. The van der Waals surface area contributed by atoms with Crippen molar-refractivity contribution in [2.75, 3.05) is 24.3 Å². The van der Waals surface area contributed by atoms with E-state index in [-0.39, 0.29) is 35.1 Å². The Bertz CT molecular complexity index is 1140. The smallest absolute Gasteiger partial charge is 0.342 e. The number of thioether (sulfide) groups is 1. The van der Waals surface area contributed by atoms with Crippen molar-refractivity contribution in [3.8, 4) is 5.75 Å². The lowest BCUT2D eigenvalue weighted by Crippen LogP contribution is -2.21. The van der Waals surface area contributed by atoms with Gasteiger partial charge < -0.3 is 24.6 Å². The summed E-state index contributed by atoms with van der Waals surface area (Å²) in [5.41, 5.74) is 6.60. The maximum atomic E-state index is 12.4. The zero-order valence-electron chi connectivity index (χ0n) is 17.2. The number of H-pyrrole nitrogens is 1. The van der Waals surface area contributed by atoms with Gasteiger partial charge in [-0.25, -0.2) is 9.78 Å². The summed E-state index contributed by atoms with van der Waals surface area (Å²) in [5.74, 6) is -1.50. The summed E-state index contributed by atoms with van der Waals surface area (Å²) in [6.07, 6.45) is 0. The summed E-state index contributed by atoms with van der Waals surface area (Å²) >= 11 is 1.16. The van der Waals surface area contributed by atoms with Crippen molar-refractivity contribution in [1.29, 1.82) is 0 Å². The number of carbonyl (C=O) groups excluding carboxylic acids is 3. The molecule has 0 saturated heterocycles. The van der Waals surface area contributed by atoms with Crippen LogP contribution in [0.4, 0.5) is 5.88 Å². The number of imidazole rings is 1. The molecule has 0 saturated carbocycles. The molecule has 0 aliphatic rings. The standard InChI is InChI=1S/C20H22N4O6S/c1-4-28-11-6-7-12-13(8-11)23-20(22-12)31-9-14(25)24-18-16(17(21)26)15(10(3)30-18)19(27)29-5-2/h6-8H,4-5,9H2,1-3H3,(H2,21,26)(H,22,23)(H,24,25). The number of amides is 2. The van der Waals surface area contributed by atoms with Crippen LogP contribution in [0.2, 0.25) is 0 Å². The number of nitrogens with one attached hydrogen (secondary N) is 2. The average molecular weight is 446 g/mol. The summed E-state index contributed by atoms with van der Waals surface area (Å²) < 4.78 is 15.8. The van der Waals surface area contributed by atoms with Gasteiger partial charge in [0.2, 0.25) is 11.8 Å². The van der Waals surface area contributed by atoms with E-state index in [1.54, 1.807) is 6.92 Å². The Morgan fingerprint density at radius 1 is 1.23 bits per heavy atom. The molecule has 0 aliphatic heterocycles. The Labute approximate surface area is 181 Å². The van der Waals surface area contributed by atoms with E-state index in [1.165, 1.54) is 6.92 Å². The van der Waals surface area contributed by atoms with Gasteiger partial charge in [-0.05, 0) is 32.9 Å². The largest absolute Gasteiger partial charge is 0.494 e. The zero-order valence-corrected chi connectivity index (χ0v) is 18.1. The minimum Gasteiger partial charge on any atom is -0.494 e. The van der Waals surface area contributed by atoms with Crippen LogP contribution in [0.15, 0.2) is 27.8 Å². The molecule has 2 amide bonds. The predicted molar refractivity (Wildman–Crippen MR) is 115 cm³/mol. The van der Waals surface area contributed by atoms with Crippen molar-refractivity contribution in [2.24, 2.45) is 5.73 Å². The van der Waals surface area contributed by atoms with E-state index < -0.39 is 17.8 Å². The highest BCUT2D eigenvalue weighted by molar-refractivity contribution is 7.99. The highest BCUT2D eigenvalue weighted by Gasteiger charge is 2.29. The summed E-state index contributed by atoms with van der Waals surface area (Å²) in [4.78, 5) is 43.9. The third kappa shape index (κ3) is 5.00. The number of ether oxygens (including phenoxy) is 2. The van der Waals surface area contributed by atoms with Crippen LogP contribution in [-0.2, 0) is 9.53 Å². The van der Waals surface area contributed by atoms with Crippen LogP contribution in [0.5, 0.6) is 5.75 Å². The fraction of sp³-hybridized carbons (Fsp3) is 0.300. The van der Waals surface area contributed by atoms with Crippen LogP contribution in [0, 0.1) is 6.92 Å². The number of fused-ring (bicyclic) bond motifs is 1. The Morgan fingerprint density at radius 3 is 2.68 bits per heavy atom.